The summed E-state index contributed by atoms with van der Waals surface area (Å²) < 4.78 is 11.2. The lowest BCUT2D eigenvalue weighted by molar-refractivity contribution is 0.0955. The first-order valence-electron chi connectivity index (χ1n) is 9.14. The van der Waals surface area contributed by atoms with Crippen LogP contribution in [0.3, 0.4) is 0 Å². The second-order valence-corrected chi connectivity index (χ2v) is 7.85. The Hall–Kier alpha value is -2.99. The highest BCUT2D eigenvalue weighted by molar-refractivity contribution is 7.17. The summed E-state index contributed by atoms with van der Waals surface area (Å²) in [5.41, 5.74) is 3.23. The molecule has 0 saturated heterocycles. The molecular formula is C22H22N2O3S. The Morgan fingerprint density at radius 1 is 1.00 bits per heavy atom. The van der Waals surface area contributed by atoms with Crippen molar-refractivity contribution in [2.75, 3.05) is 32.2 Å². The van der Waals surface area contributed by atoms with Crippen LogP contribution in [-0.2, 0) is 6.54 Å². The summed E-state index contributed by atoms with van der Waals surface area (Å²) >= 11 is 1.47. The number of thiophene rings is 1. The third kappa shape index (κ3) is 3.97. The third-order valence-electron chi connectivity index (χ3n) is 4.56. The number of carbonyl (C=O) groups is 1. The molecule has 2 aromatic carbocycles. The Labute approximate surface area is 168 Å². The molecule has 6 heteroatoms. The van der Waals surface area contributed by atoms with Crippen molar-refractivity contribution in [1.29, 1.82) is 0 Å². The number of carbonyl (C=O) groups excluding carboxylic acids is 1. The molecule has 28 heavy (non-hydrogen) atoms. The Morgan fingerprint density at radius 2 is 1.75 bits per heavy atom. The second-order valence-electron chi connectivity index (χ2n) is 6.77. The molecular weight excluding hydrogens is 372 g/mol. The van der Waals surface area contributed by atoms with Gasteiger partial charge in [0.25, 0.3) is 5.91 Å². The Balaban J connectivity index is 1.41. The molecule has 0 saturated carbocycles. The van der Waals surface area contributed by atoms with E-state index in [1.807, 2.05) is 73.6 Å². The number of hydrogen-bond donors (Lipinski definition) is 1. The van der Waals surface area contributed by atoms with Crippen molar-refractivity contribution >= 4 is 22.9 Å². The van der Waals surface area contributed by atoms with Crippen LogP contribution in [0.25, 0.3) is 10.4 Å². The first-order chi connectivity index (χ1) is 13.6. The van der Waals surface area contributed by atoms with Crippen molar-refractivity contribution in [3.63, 3.8) is 0 Å². The summed E-state index contributed by atoms with van der Waals surface area (Å²) in [7, 11) is 4.01. The van der Waals surface area contributed by atoms with Gasteiger partial charge in [0.1, 0.15) is 13.2 Å². The summed E-state index contributed by atoms with van der Waals surface area (Å²) in [5.74, 6) is 1.46. The molecule has 0 spiro atoms. The van der Waals surface area contributed by atoms with Crippen LogP contribution in [0.5, 0.6) is 11.5 Å². The standard InChI is InChI=1S/C22H22N2O3S/c1-24(2)17-6-3-15(4-7-17)14-23-22(25)21-10-9-20(28-21)16-5-8-18-19(13-16)27-12-11-26-18/h3-10,13H,11-12,14H2,1-2H3,(H,23,25). The molecule has 3 aromatic rings. The van der Waals surface area contributed by atoms with Crippen LogP contribution in [-0.4, -0.2) is 33.2 Å². The molecule has 1 aromatic heterocycles. The lowest BCUT2D eigenvalue weighted by Crippen LogP contribution is -2.21. The van der Waals surface area contributed by atoms with Crippen molar-refractivity contribution in [1.82, 2.24) is 5.32 Å². The summed E-state index contributed by atoms with van der Waals surface area (Å²) in [6.45, 7) is 1.64. The van der Waals surface area contributed by atoms with E-state index in [9.17, 15) is 4.79 Å². The summed E-state index contributed by atoms with van der Waals surface area (Å²) in [4.78, 5) is 16.3. The maximum Gasteiger partial charge on any atom is 0.261 e. The molecule has 0 bridgehead atoms. The van der Waals surface area contributed by atoms with E-state index < -0.39 is 0 Å². The van der Waals surface area contributed by atoms with E-state index in [2.05, 4.69) is 5.32 Å². The van der Waals surface area contributed by atoms with Crippen LogP contribution in [0.1, 0.15) is 15.2 Å². The lowest BCUT2D eigenvalue weighted by Gasteiger charge is -2.18. The molecule has 0 fully saturated rings. The number of ether oxygens (including phenoxy) is 2. The van der Waals surface area contributed by atoms with Crippen molar-refractivity contribution < 1.29 is 14.3 Å². The van der Waals surface area contributed by atoms with Crippen LogP contribution in [0.2, 0.25) is 0 Å². The zero-order valence-electron chi connectivity index (χ0n) is 15.9. The highest BCUT2D eigenvalue weighted by atomic mass is 32.1. The maximum atomic E-state index is 12.5. The minimum Gasteiger partial charge on any atom is -0.486 e. The fraction of sp³-hybridized carbons (Fsp3) is 0.227. The SMILES string of the molecule is CN(C)c1ccc(CNC(=O)c2ccc(-c3ccc4c(c3)OCCO4)s2)cc1. The van der Waals surface area contributed by atoms with E-state index in [4.69, 9.17) is 9.47 Å². The van der Waals surface area contributed by atoms with E-state index in [0.29, 0.717) is 24.6 Å². The third-order valence-corrected chi connectivity index (χ3v) is 5.70. The van der Waals surface area contributed by atoms with Gasteiger partial charge in [-0.3, -0.25) is 4.79 Å². The first kappa shape index (κ1) is 18.4. The van der Waals surface area contributed by atoms with Crippen molar-refractivity contribution in [2.24, 2.45) is 0 Å². The molecule has 1 aliphatic heterocycles. The minimum atomic E-state index is -0.0644. The monoisotopic (exact) mass is 394 g/mol. The predicted octanol–water partition coefficient (Wildman–Crippen LogP) is 4.18. The fourth-order valence-corrected chi connectivity index (χ4v) is 3.91. The number of anilines is 1. The number of fused-ring (bicyclic) bond motifs is 1. The number of amides is 1. The Morgan fingerprint density at radius 3 is 2.50 bits per heavy atom. The molecule has 1 N–H and O–H groups in total. The van der Waals surface area contributed by atoms with E-state index in [1.54, 1.807) is 0 Å². The summed E-state index contributed by atoms with van der Waals surface area (Å²) in [6.07, 6.45) is 0. The van der Waals surface area contributed by atoms with Crippen LogP contribution in [0.4, 0.5) is 5.69 Å². The number of rotatable bonds is 5. The van der Waals surface area contributed by atoms with Gasteiger partial charge in [0.15, 0.2) is 11.5 Å². The molecule has 1 amide bonds. The molecule has 2 heterocycles. The van der Waals surface area contributed by atoms with Crippen LogP contribution >= 0.6 is 11.3 Å². The largest absolute Gasteiger partial charge is 0.486 e. The second kappa shape index (κ2) is 7.94. The van der Waals surface area contributed by atoms with Gasteiger partial charge in [0.05, 0.1) is 4.88 Å². The molecule has 0 unspecified atom stereocenters. The van der Waals surface area contributed by atoms with Gasteiger partial charge in [0.2, 0.25) is 0 Å². The molecule has 0 radical (unpaired) electrons. The number of nitrogens with zero attached hydrogens (tertiary/aromatic N) is 1. The van der Waals surface area contributed by atoms with E-state index >= 15 is 0 Å². The van der Waals surface area contributed by atoms with Crippen LogP contribution in [0.15, 0.2) is 54.6 Å². The number of hydrogen-bond acceptors (Lipinski definition) is 5. The van der Waals surface area contributed by atoms with Gasteiger partial charge in [-0.25, -0.2) is 0 Å². The molecule has 144 valence electrons. The number of benzene rings is 2. The lowest BCUT2D eigenvalue weighted by atomic mass is 10.1. The molecule has 0 atom stereocenters. The topological polar surface area (TPSA) is 50.8 Å². The molecule has 0 aliphatic carbocycles. The van der Waals surface area contributed by atoms with E-state index in [0.717, 1.165) is 33.2 Å². The highest BCUT2D eigenvalue weighted by Gasteiger charge is 2.15. The van der Waals surface area contributed by atoms with Gasteiger partial charge in [-0.05, 0) is 53.6 Å². The Kier molecular flexibility index (Phi) is 5.21. The zero-order chi connectivity index (χ0) is 19.5. The maximum absolute atomic E-state index is 12.5. The predicted molar refractivity (Wildman–Crippen MR) is 113 cm³/mol. The molecule has 4 rings (SSSR count). The average Bonchev–Trinajstić information content (AvgIpc) is 3.22. The van der Waals surface area contributed by atoms with Crippen molar-refractivity contribution in [3.8, 4) is 21.9 Å². The van der Waals surface area contributed by atoms with Crippen molar-refractivity contribution in [3.05, 3.63) is 65.0 Å². The van der Waals surface area contributed by atoms with Crippen LogP contribution in [0, 0.1) is 0 Å². The van der Waals surface area contributed by atoms with Gasteiger partial charge >= 0.3 is 0 Å². The van der Waals surface area contributed by atoms with Gasteiger partial charge < -0.3 is 19.7 Å². The van der Waals surface area contributed by atoms with Crippen molar-refractivity contribution in [2.45, 2.75) is 6.54 Å². The minimum absolute atomic E-state index is 0.0644. The summed E-state index contributed by atoms with van der Waals surface area (Å²) in [6, 6.07) is 17.9. The Bertz CT molecular complexity index is 980. The fourth-order valence-electron chi connectivity index (χ4n) is 2.99. The average molecular weight is 394 g/mol. The van der Waals surface area contributed by atoms with Gasteiger partial charge in [-0.15, -0.1) is 11.3 Å². The smallest absolute Gasteiger partial charge is 0.261 e. The van der Waals surface area contributed by atoms with E-state index in [1.165, 1.54) is 11.3 Å². The zero-order valence-corrected chi connectivity index (χ0v) is 16.7. The molecule has 1 aliphatic rings. The number of nitrogens with one attached hydrogen (secondary N) is 1. The van der Waals surface area contributed by atoms with E-state index in [-0.39, 0.29) is 5.91 Å². The highest BCUT2D eigenvalue weighted by Crippen LogP contribution is 2.36. The van der Waals surface area contributed by atoms with Gasteiger partial charge in [0, 0.05) is 31.2 Å². The van der Waals surface area contributed by atoms with Crippen LogP contribution < -0.4 is 19.7 Å². The first-order valence-corrected chi connectivity index (χ1v) is 9.96. The summed E-state index contributed by atoms with van der Waals surface area (Å²) in [5, 5.41) is 2.99. The van der Waals surface area contributed by atoms with Gasteiger partial charge in [-0.1, -0.05) is 12.1 Å². The van der Waals surface area contributed by atoms with Gasteiger partial charge in [-0.2, -0.15) is 0 Å². The molecule has 5 nitrogen and oxygen atoms in total. The normalized spacial score (nSPS) is 12.5. The quantitative estimate of drug-likeness (QED) is 0.705.